The van der Waals surface area contributed by atoms with E-state index in [9.17, 15) is 4.79 Å². The summed E-state index contributed by atoms with van der Waals surface area (Å²) in [5.74, 6) is 0.117. The maximum atomic E-state index is 11.9. The lowest BCUT2D eigenvalue weighted by molar-refractivity contribution is -0.122. The summed E-state index contributed by atoms with van der Waals surface area (Å²) >= 11 is 0. The van der Waals surface area contributed by atoms with Gasteiger partial charge in [0.15, 0.2) is 0 Å². The van der Waals surface area contributed by atoms with Gasteiger partial charge < -0.3 is 10.2 Å². The third-order valence-electron chi connectivity index (χ3n) is 3.54. The minimum absolute atomic E-state index is 0.117. The highest BCUT2D eigenvalue weighted by atomic mass is 16.2. The number of aryl methyl sites for hydroxylation is 1. The molecule has 1 saturated heterocycles. The van der Waals surface area contributed by atoms with Crippen LogP contribution in [0.5, 0.6) is 0 Å². The van der Waals surface area contributed by atoms with Crippen LogP contribution in [0, 0.1) is 6.92 Å². The lowest BCUT2D eigenvalue weighted by Crippen LogP contribution is -2.48. The molecule has 1 N–H and O–H groups in total. The second-order valence-electron chi connectivity index (χ2n) is 5.35. The van der Waals surface area contributed by atoms with E-state index in [1.807, 2.05) is 12.1 Å². The molecular weight excluding hydrogens is 238 g/mol. The van der Waals surface area contributed by atoms with Crippen LogP contribution in [-0.4, -0.2) is 55.5 Å². The van der Waals surface area contributed by atoms with E-state index in [0.29, 0.717) is 13.1 Å². The molecule has 4 nitrogen and oxygen atoms in total. The van der Waals surface area contributed by atoms with Crippen LogP contribution in [0.1, 0.15) is 11.1 Å². The molecule has 0 saturated carbocycles. The molecule has 2 rings (SSSR count). The predicted molar refractivity (Wildman–Crippen MR) is 77.0 cm³/mol. The van der Waals surface area contributed by atoms with Crippen LogP contribution in [-0.2, 0) is 11.3 Å². The van der Waals surface area contributed by atoms with E-state index < -0.39 is 0 Å². The average Bonchev–Trinajstić information content (AvgIpc) is 2.39. The van der Waals surface area contributed by atoms with Gasteiger partial charge in [-0.3, -0.25) is 9.69 Å². The van der Waals surface area contributed by atoms with Gasteiger partial charge in [0.1, 0.15) is 0 Å². The van der Waals surface area contributed by atoms with Gasteiger partial charge in [-0.1, -0.05) is 29.8 Å². The number of hydrogen-bond donors (Lipinski definition) is 1. The Labute approximate surface area is 115 Å². The van der Waals surface area contributed by atoms with Gasteiger partial charge in [-0.15, -0.1) is 0 Å². The van der Waals surface area contributed by atoms with E-state index in [2.05, 4.69) is 41.2 Å². The van der Waals surface area contributed by atoms with Crippen LogP contribution in [0.3, 0.4) is 0 Å². The van der Waals surface area contributed by atoms with Crippen LogP contribution in [0.2, 0.25) is 0 Å². The van der Waals surface area contributed by atoms with Gasteiger partial charge >= 0.3 is 0 Å². The number of benzene rings is 1. The molecule has 104 valence electrons. The Morgan fingerprint density at radius 3 is 2.68 bits per heavy atom. The smallest absolute Gasteiger partial charge is 0.234 e. The van der Waals surface area contributed by atoms with E-state index in [0.717, 1.165) is 31.7 Å². The first-order chi connectivity index (χ1) is 9.13. The zero-order chi connectivity index (χ0) is 13.7. The van der Waals surface area contributed by atoms with E-state index in [1.54, 1.807) is 0 Å². The molecule has 0 radical (unpaired) electrons. The normalized spacial score (nSPS) is 17.4. The van der Waals surface area contributed by atoms with E-state index in [-0.39, 0.29) is 5.91 Å². The minimum Gasteiger partial charge on any atom is -0.351 e. The molecule has 0 spiro atoms. The molecule has 0 bridgehead atoms. The van der Waals surface area contributed by atoms with Crippen molar-refractivity contribution in [3.63, 3.8) is 0 Å². The Kier molecular flexibility index (Phi) is 4.93. The van der Waals surface area contributed by atoms with Crippen molar-refractivity contribution >= 4 is 5.91 Å². The molecule has 19 heavy (non-hydrogen) atoms. The van der Waals surface area contributed by atoms with Crippen LogP contribution in [0.25, 0.3) is 0 Å². The Balaban J connectivity index is 1.73. The summed E-state index contributed by atoms with van der Waals surface area (Å²) in [6.45, 7) is 7.25. The van der Waals surface area contributed by atoms with Gasteiger partial charge in [0, 0.05) is 32.7 Å². The third-order valence-corrected chi connectivity index (χ3v) is 3.54. The zero-order valence-corrected chi connectivity index (χ0v) is 11.9. The third kappa shape index (κ3) is 4.65. The molecule has 0 aromatic heterocycles. The summed E-state index contributed by atoms with van der Waals surface area (Å²) in [7, 11) is 2.12. The Bertz CT molecular complexity index is 425. The lowest BCUT2D eigenvalue weighted by Gasteiger charge is -2.31. The fraction of sp³-hybridized carbons (Fsp3) is 0.533. The second kappa shape index (κ2) is 6.68. The SMILES string of the molecule is Cc1cccc(CNC(=O)CN2CCN(C)CC2)c1. The van der Waals surface area contributed by atoms with Crippen molar-refractivity contribution in [2.24, 2.45) is 0 Å². The number of piperazine rings is 1. The van der Waals surface area contributed by atoms with Crippen molar-refractivity contribution in [1.29, 1.82) is 0 Å². The average molecular weight is 261 g/mol. The molecule has 0 aliphatic carbocycles. The number of amides is 1. The highest BCUT2D eigenvalue weighted by Gasteiger charge is 2.16. The van der Waals surface area contributed by atoms with Crippen LogP contribution >= 0.6 is 0 Å². The van der Waals surface area contributed by atoms with E-state index >= 15 is 0 Å². The van der Waals surface area contributed by atoms with Crippen LogP contribution in [0.4, 0.5) is 0 Å². The maximum Gasteiger partial charge on any atom is 0.234 e. The van der Waals surface area contributed by atoms with Crippen LogP contribution < -0.4 is 5.32 Å². The van der Waals surface area contributed by atoms with Crippen molar-refractivity contribution in [2.45, 2.75) is 13.5 Å². The fourth-order valence-corrected chi connectivity index (χ4v) is 2.29. The molecule has 4 heteroatoms. The van der Waals surface area contributed by atoms with Gasteiger partial charge in [-0.2, -0.15) is 0 Å². The zero-order valence-electron chi connectivity index (χ0n) is 11.9. The van der Waals surface area contributed by atoms with Gasteiger partial charge in [0.05, 0.1) is 6.54 Å². The van der Waals surface area contributed by atoms with Gasteiger partial charge in [-0.25, -0.2) is 0 Å². The molecular formula is C15H23N3O. The Hall–Kier alpha value is -1.39. The number of nitrogens with zero attached hydrogens (tertiary/aromatic N) is 2. The molecule has 1 aliphatic rings. The highest BCUT2D eigenvalue weighted by Crippen LogP contribution is 2.03. The largest absolute Gasteiger partial charge is 0.351 e. The molecule has 1 heterocycles. The molecule has 1 aromatic carbocycles. The summed E-state index contributed by atoms with van der Waals surface area (Å²) < 4.78 is 0. The number of nitrogens with one attached hydrogen (secondary N) is 1. The molecule has 1 aromatic rings. The quantitative estimate of drug-likeness (QED) is 0.873. The lowest BCUT2D eigenvalue weighted by atomic mass is 10.1. The van der Waals surface area contributed by atoms with Gasteiger partial charge in [-0.05, 0) is 19.5 Å². The van der Waals surface area contributed by atoms with Crippen molar-refractivity contribution in [3.8, 4) is 0 Å². The predicted octanol–water partition coefficient (Wildman–Crippen LogP) is 0.859. The maximum absolute atomic E-state index is 11.9. The second-order valence-corrected chi connectivity index (χ2v) is 5.35. The van der Waals surface area contributed by atoms with E-state index in [4.69, 9.17) is 0 Å². The van der Waals surface area contributed by atoms with E-state index in [1.165, 1.54) is 5.56 Å². The summed E-state index contributed by atoms with van der Waals surface area (Å²) in [4.78, 5) is 16.4. The van der Waals surface area contributed by atoms with Crippen molar-refractivity contribution in [2.75, 3.05) is 39.8 Å². The number of carbonyl (C=O) groups is 1. The summed E-state index contributed by atoms with van der Waals surface area (Å²) in [6, 6.07) is 8.24. The monoisotopic (exact) mass is 261 g/mol. The number of hydrogen-bond acceptors (Lipinski definition) is 3. The summed E-state index contributed by atoms with van der Waals surface area (Å²) in [5, 5.41) is 2.99. The first kappa shape index (κ1) is 14.0. The summed E-state index contributed by atoms with van der Waals surface area (Å²) in [5.41, 5.74) is 2.39. The highest BCUT2D eigenvalue weighted by molar-refractivity contribution is 5.78. The van der Waals surface area contributed by atoms with Crippen molar-refractivity contribution in [1.82, 2.24) is 15.1 Å². The number of rotatable bonds is 4. The van der Waals surface area contributed by atoms with Gasteiger partial charge in [0.25, 0.3) is 0 Å². The fourth-order valence-electron chi connectivity index (χ4n) is 2.29. The first-order valence-corrected chi connectivity index (χ1v) is 6.86. The number of likely N-dealkylation sites (N-methyl/N-ethyl adjacent to an activating group) is 1. The summed E-state index contributed by atoms with van der Waals surface area (Å²) in [6.07, 6.45) is 0. The van der Waals surface area contributed by atoms with Crippen molar-refractivity contribution < 1.29 is 4.79 Å². The molecule has 1 aliphatic heterocycles. The molecule has 0 unspecified atom stereocenters. The topological polar surface area (TPSA) is 35.6 Å². The van der Waals surface area contributed by atoms with Crippen molar-refractivity contribution in [3.05, 3.63) is 35.4 Å². The molecule has 1 amide bonds. The van der Waals surface area contributed by atoms with Crippen LogP contribution in [0.15, 0.2) is 24.3 Å². The Morgan fingerprint density at radius 2 is 2.00 bits per heavy atom. The standard InChI is InChI=1S/C15H23N3O/c1-13-4-3-5-14(10-13)11-16-15(19)12-18-8-6-17(2)7-9-18/h3-5,10H,6-9,11-12H2,1-2H3,(H,16,19). The Morgan fingerprint density at radius 1 is 1.26 bits per heavy atom. The molecule has 1 fully saturated rings. The number of carbonyl (C=O) groups excluding carboxylic acids is 1. The minimum atomic E-state index is 0.117. The molecule has 0 atom stereocenters. The first-order valence-electron chi connectivity index (χ1n) is 6.86. The van der Waals surface area contributed by atoms with Gasteiger partial charge in [0.2, 0.25) is 5.91 Å².